The van der Waals surface area contributed by atoms with E-state index in [9.17, 15) is 0 Å². The van der Waals surface area contributed by atoms with Crippen LogP contribution < -0.4 is 0 Å². The first-order chi connectivity index (χ1) is 0. The van der Waals surface area contributed by atoms with Gasteiger partial charge in [-0.2, -0.15) is 0 Å². The second-order valence-corrected chi connectivity index (χ2v) is 0. The molecule has 4 heavy (non-hydrogen) atoms. The minimum absolute atomic E-state index is 0. The summed E-state index contributed by atoms with van der Waals surface area (Å²) < 4.78 is 0. The molecule has 0 saturated carbocycles. The van der Waals surface area contributed by atoms with Crippen molar-refractivity contribution in [1.29, 1.82) is 0 Å². The molecule has 0 nitrogen and oxygen atoms in total. The minimum Gasteiger partial charge on any atom is -0.147 e. The van der Waals surface area contributed by atoms with Gasteiger partial charge >= 0.3 is 0 Å². The maximum Gasteiger partial charge on any atom is 0 e. The highest BCUT2D eigenvalue weighted by Gasteiger charge is 0.0000207. The Hall–Kier alpha value is 0.935. The van der Waals surface area contributed by atoms with Crippen LogP contribution >= 0.6 is 37.2 Å². The predicted molar refractivity (Wildman–Crippen MR) is 29.6 cm³/mol. The van der Waals surface area contributed by atoms with Crippen LogP contribution in [0.25, 0.3) is 0 Å². The lowest BCUT2D eigenvalue weighted by atomic mass is 10.8. The van der Waals surface area contributed by atoms with Crippen LogP contribution in [-0.4, -0.2) is 8.41 Å². The van der Waals surface area contributed by atoms with E-state index in [1.54, 1.807) is 0 Å². The fourth-order valence-corrected chi connectivity index (χ4v) is 0. The highest BCUT2D eigenvalue weighted by Crippen LogP contribution is 0.692. The van der Waals surface area contributed by atoms with Gasteiger partial charge in [-0.15, -0.1) is 37.2 Å². The summed E-state index contributed by atoms with van der Waals surface area (Å²) in [7, 11) is 0. The van der Waals surface area contributed by atoms with Crippen molar-refractivity contribution in [2.45, 2.75) is 0 Å². The Morgan fingerprint density at radius 1 is 0.750 bits per heavy atom. The van der Waals surface area contributed by atoms with Crippen molar-refractivity contribution in [3.8, 4) is 0 Å². The summed E-state index contributed by atoms with van der Waals surface area (Å²) >= 11 is 0. The normalized spacial score (nSPS) is 0. The van der Waals surface area contributed by atoms with E-state index in [2.05, 4.69) is 0 Å². The topological polar surface area (TPSA) is 0 Å². The molecule has 0 N–H and O–H groups in total. The van der Waals surface area contributed by atoms with Gasteiger partial charge in [0.05, 0.1) is 0 Å². The van der Waals surface area contributed by atoms with Gasteiger partial charge in [-0.25, -0.2) is 0 Å². The smallest absolute Gasteiger partial charge is 0 e. The van der Waals surface area contributed by atoms with Crippen LogP contribution in [0.1, 0.15) is 1.43 Å². The molecular weight excluding hydrogens is 117 g/mol. The van der Waals surface area contributed by atoms with E-state index in [-0.39, 0.29) is 47.1 Å². The van der Waals surface area contributed by atoms with Crippen molar-refractivity contribution >= 4 is 45.6 Å². The monoisotopic (exact) mass is 121 g/mol. The Kier molecular flexibility index (Phi) is 847. The molecule has 0 aliphatic heterocycles. The molecule has 0 saturated heterocycles. The van der Waals surface area contributed by atoms with Crippen LogP contribution in [0.2, 0.25) is 0 Å². The minimum atomic E-state index is 0. The molecular formula is H5BCl3. The van der Waals surface area contributed by atoms with Crippen LogP contribution in [0.4, 0.5) is 0 Å². The average molecular weight is 122 g/mol. The molecule has 3 radical (unpaired) electrons. The molecule has 29 valence electrons. The summed E-state index contributed by atoms with van der Waals surface area (Å²) in [6.45, 7) is 0. The van der Waals surface area contributed by atoms with Crippen LogP contribution in [0.15, 0.2) is 0 Å². The summed E-state index contributed by atoms with van der Waals surface area (Å²) in [5.41, 5.74) is 0. The van der Waals surface area contributed by atoms with Gasteiger partial charge in [0.15, 0.2) is 0 Å². The quantitative estimate of drug-likeness (QED) is 0.422. The third-order valence-electron chi connectivity index (χ3n) is 0. The van der Waals surface area contributed by atoms with Crippen LogP contribution in [0.3, 0.4) is 0 Å². The highest BCUT2D eigenvalue weighted by molar-refractivity contribution is 5.86. The van der Waals surface area contributed by atoms with E-state index < -0.39 is 0 Å². The van der Waals surface area contributed by atoms with E-state index in [0.29, 0.717) is 0 Å². The molecule has 0 aromatic heterocycles. The zero-order valence-electron chi connectivity index (χ0n) is 1.80. The van der Waals surface area contributed by atoms with Crippen molar-refractivity contribution in [2.75, 3.05) is 0 Å². The molecule has 0 aliphatic carbocycles. The summed E-state index contributed by atoms with van der Waals surface area (Å²) in [4.78, 5) is 0. The lowest BCUT2D eigenvalue weighted by Crippen LogP contribution is -0.381. The molecule has 0 amide bonds. The lowest BCUT2D eigenvalue weighted by Gasteiger charge is -0.148. The van der Waals surface area contributed by atoms with E-state index in [0.717, 1.165) is 0 Å². The van der Waals surface area contributed by atoms with E-state index in [4.69, 9.17) is 0 Å². The van der Waals surface area contributed by atoms with Gasteiger partial charge < -0.3 is 0 Å². The van der Waals surface area contributed by atoms with Gasteiger partial charge in [-0.3, -0.25) is 0 Å². The summed E-state index contributed by atoms with van der Waals surface area (Å²) in [5, 5.41) is 0. The Bertz CT molecular complexity index is 6.85. The molecule has 0 atom stereocenters. The van der Waals surface area contributed by atoms with Crippen LogP contribution in [-0.2, 0) is 0 Å². The molecule has 0 fully saturated rings. The third kappa shape index (κ3) is 12.6. The molecule has 0 unspecified atom stereocenters. The maximum atomic E-state index is 0. The first-order valence-corrected chi connectivity index (χ1v) is 0. The lowest BCUT2D eigenvalue weighted by molar-refractivity contribution is 5.75. The van der Waals surface area contributed by atoms with Gasteiger partial charge in [0.2, 0.25) is 0 Å². The third-order valence-corrected chi connectivity index (χ3v) is 0. The largest absolute Gasteiger partial charge is 0.147 e. The number of hydrogen-bond donors (Lipinski definition) is 0. The molecule has 0 spiro atoms. The van der Waals surface area contributed by atoms with Gasteiger partial charge in [0.1, 0.15) is 0 Å². The Morgan fingerprint density at radius 3 is 0.750 bits per heavy atom. The number of hydrogen-bond acceptors (Lipinski definition) is 0. The van der Waals surface area contributed by atoms with Crippen molar-refractivity contribution in [3.05, 3.63) is 0 Å². The maximum absolute atomic E-state index is 0. The van der Waals surface area contributed by atoms with Crippen molar-refractivity contribution < 1.29 is 1.43 Å². The summed E-state index contributed by atoms with van der Waals surface area (Å²) in [6.07, 6.45) is 0. The first kappa shape index (κ1) is 87.4. The van der Waals surface area contributed by atoms with E-state index in [1.807, 2.05) is 0 Å². The Balaban J connectivity index is 0. The molecule has 0 bridgehead atoms. The number of halogens is 3. The van der Waals surface area contributed by atoms with Gasteiger partial charge in [-0.05, 0) is 0 Å². The molecule has 0 aromatic rings. The van der Waals surface area contributed by atoms with Crippen molar-refractivity contribution in [2.24, 2.45) is 0 Å². The molecule has 0 aliphatic rings. The SMILES string of the molecule is Cl.Cl.Cl.[B].[HH]. The highest BCUT2D eigenvalue weighted by atomic mass is 35.5. The van der Waals surface area contributed by atoms with Crippen molar-refractivity contribution in [1.82, 2.24) is 0 Å². The fourth-order valence-electron chi connectivity index (χ4n) is 0. The van der Waals surface area contributed by atoms with Gasteiger partial charge in [-0.1, -0.05) is 0 Å². The molecule has 0 aromatic carbocycles. The Morgan fingerprint density at radius 2 is 0.750 bits per heavy atom. The molecule has 0 rings (SSSR count). The van der Waals surface area contributed by atoms with Gasteiger partial charge in [0.25, 0.3) is 0 Å². The van der Waals surface area contributed by atoms with Crippen LogP contribution in [0.5, 0.6) is 0 Å². The number of rotatable bonds is 0. The van der Waals surface area contributed by atoms with Crippen LogP contribution in [0, 0.1) is 0 Å². The second kappa shape index (κ2) is 38.8. The van der Waals surface area contributed by atoms with E-state index in [1.165, 1.54) is 0 Å². The van der Waals surface area contributed by atoms with Crippen molar-refractivity contribution in [3.63, 3.8) is 0 Å². The average Bonchev–Trinajstić information content (AvgIpc) is 0. The predicted octanol–water partition coefficient (Wildman–Crippen LogP) is 1.13. The van der Waals surface area contributed by atoms with Gasteiger partial charge in [0, 0.05) is 9.84 Å². The Labute approximate surface area is 47.6 Å². The zero-order valence-corrected chi connectivity index (χ0v) is 4.25. The fraction of sp³-hybridized carbons (Fsp3) is 0. The zero-order chi connectivity index (χ0) is 0. The first-order valence-electron chi connectivity index (χ1n) is 0. The van der Waals surface area contributed by atoms with E-state index >= 15 is 0 Å². The second-order valence-electron chi connectivity index (χ2n) is 0. The molecule has 4 heteroatoms. The molecule has 0 heterocycles. The standard InChI is InChI=1S/B.3ClH.H2/h;4*1H. The summed E-state index contributed by atoms with van der Waals surface area (Å²) in [6, 6.07) is 0. The summed E-state index contributed by atoms with van der Waals surface area (Å²) in [5.74, 6) is 0.